The van der Waals surface area contributed by atoms with Crippen LogP contribution < -0.4 is 5.32 Å². The molecule has 1 saturated heterocycles. The highest BCUT2D eigenvalue weighted by Gasteiger charge is 2.22. The van der Waals surface area contributed by atoms with Crippen molar-refractivity contribution in [1.82, 2.24) is 5.32 Å². The van der Waals surface area contributed by atoms with E-state index in [0.29, 0.717) is 12.5 Å². The van der Waals surface area contributed by atoms with E-state index in [0.717, 1.165) is 12.1 Å². The lowest BCUT2D eigenvalue weighted by atomic mass is 9.92. The Morgan fingerprint density at radius 3 is 3.00 bits per heavy atom. The van der Waals surface area contributed by atoms with Gasteiger partial charge in [-0.05, 0) is 43.5 Å². The summed E-state index contributed by atoms with van der Waals surface area (Å²) in [4.78, 5) is 0. The third-order valence-corrected chi connectivity index (χ3v) is 2.88. The first-order valence-corrected chi connectivity index (χ1v) is 5.03. The molecular weight excluding hydrogens is 165 g/mol. The van der Waals surface area contributed by atoms with Gasteiger partial charge < -0.3 is 5.32 Å². The van der Waals surface area contributed by atoms with Gasteiger partial charge in [-0.1, -0.05) is 6.08 Å². The van der Waals surface area contributed by atoms with Crippen molar-refractivity contribution < 1.29 is 4.39 Å². The molecule has 2 heteroatoms. The maximum Gasteiger partial charge on any atom is 0.122 e. The highest BCUT2D eigenvalue weighted by atomic mass is 19.1. The van der Waals surface area contributed by atoms with Gasteiger partial charge >= 0.3 is 0 Å². The quantitative estimate of drug-likeness (QED) is 0.654. The van der Waals surface area contributed by atoms with E-state index in [4.69, 9.17) is 0 Å². The molecule has 1 fully saturated rings. The molecule has 13 heavy (non-hydrogen) atoms. The average Bonchev–Trinajstić information content (AvgIpc) is 2.56. The van der Waals surface area contributed by atoms with Crippen LogP contribution in [0, 0.1) is 0 Å². The summed E-state index contributed by atoms with van der Waals surface area (Å²) in [6.07, 6.45) is 6.05. The van der Waals surface area contributed by atoms with Crippen LogP contribution >= 0.6 is 0 Å². The molecule has 0 saturated carbocycles. The minimum absolute atomic E-state index is 0.490. The van der Waals surface area contributed by atoms with E-state index in [1.54, 1.807) is 6.08 Å². The van der Waals surface area contributed by atoms with Crippen molar-refractivity contribution >= 4 is 0 Å². The molecule has 2 rings (SSSR count). The van der Waals surface area contributed by atoms with Gasteiger partial charge in [-0.25, -0.2) is 4.39 Å². The average molecular weight is 181 g/mol. The molecule has 0 bridgehead atoms. The predicted octanol–water partition coefficient (Wildman–Crippen LogP) is 2.35. The molecule has 72 valence electrons. The normalized spacial score (nSPS) is 34.3. The first kappa shape index (κ1) is 8.95. The molecule has 1 nitrogen and oxygen atoms in total. The number of hydrogen-bond acceptors (Lipinski definition) is 1. The van der Waals surface area contributed by atoms with E-state index in [-0.39, 0.29) is 0 Å². The molecule has 1 aliphatic carbocycles. The van der Waals surface area contributed by atoms with E-state index in [2.05, 4.69) is 11.4 Å². The van der Waals surface area contributed by atoms with Crippen molar-refractivity contribution in [1.29, 1.82) is 0 Å². The molecule has 0 spiro atoms. The fraction of sp³-hybridized carbons (Fsp3) is 0.636. The third-order valence-electron chi connectivity index (χ3n) is 2.88. The van der Waals surface area contributed by atoms with Crippen LogP contribution in [0.2, 0.25) is 0 Å². The first-order valence-electron chi connectivity index (χ1n) is 5.03. The van der Waals surface area contributed by atoms with Crippen molar-refractivity contribution in [2.24, 2.45) is 0 Å². The SMILES string of the molecule is CC1=CC(F)CC=C1C1CCCN1. The van der Waals surface area contributed by atoms with E-state index in [1.807, 2.05) is 6.92 Å². The molecule has 0 radical (unpaired) electrons. The molecule has 2 atom stereocenters. The van der Waals surface area contributed by atoms with E-state index >= 15 is 0 Å². The maximum atomic E-state index is 13.0. The van der Waals surface area contributed by atoms with Crippen LogP contribution in [0.1, 0.15) is 26.2 Å². The highest BCUT2D eigenvalue weighted by molar-refractivity contribution is 5.38. The summed E-state index contributed by atoms with van der Waals surface area (Å²) in [5.41, 5.74) is 2.45. The summed E-state index contributed by atoms with van der Waals surface area (Å²) in [5.74, 6) is 0. The zero-order chi connectivity index (χ0) is 9.26. The Morgan fingerprint density at radius 2 is 2.38 bits per heavy atom. The monoisotopic (exact) mass is 181 g/mol. The second-order valence-electron chi connectivity index (χ2n) is 3.91. The summed E-state index contributed by atoms with van der Waals surface area (Å²) in [7, 11) is 0. The van der Waals surface area contributed by atoms with Gasteiger partial charge in [-0.15, -0.1) is 0 Å². The highest BCUT2D eigenvalue weighted by Crippen LogP contribution is 2.26. The van der Waals surface area contributed by atoms with Crippen molar-refractivity contribution in [3.8, 4) is 0 Å². The zero-order valence-electron chi connectivity index (χ0n) is 8.02. The summed E-state index contributed by atoms with van der Waals surface area (Å²) < 4.78 is 13.0. The summed E-state index contributed by atoms with van der Waals surface area (Å²) in [6, 6.07) is 0.490. The van der Waals surface area contributed by atoms with E-state index in [9.17, 15) is 4.39 Å². The number of alkyl halides is 1. The maximum absolute atomic E-state index is 13.0. The van der Waals surface area contributed by atoms with Crippen LogP contribution in [0.15, 0.2) is 23.3 Å². The first-order chi connectivity index (χ1) is 6.27. The van der Waals surface area contributed by atoms with Crippen LogP contribution in [-0.4, -0.2) is 18.8 Å². The largest absolute Gasteiger partial charge is 0.310 e. The molecule has 0 amide bonds. The fourth-order valence-electron chi connectivity index (χ4n) is 2.20. The molecule has 0 aromatic carbocycles. The minimum Gasteiger partial charge on any atom is -0.310 e. The number of nitrogens with one attached hydrogen (secondary N) is 1. The molecule has 2 unspecified atom stereocenters. The van der Waals surface area contributed by atoms with Crippen LogP contribution in [0.3, 0.4) is 0 Å². The molecule has 1 heterocycles. The van der Waals surface area contributed by atoms with Gasteiger partial charge in [0.05, 0.1) is 0 Å². The molecule has 1 N–H and O–H groups in total. The van der Waals surface area contributed by atoms with Gasteiger partial charge in [0, 0.05) is 12.5 Å². The lowest BCUT2D eigenvalue weighted by Gasteiger charge is -2.20. The Bertz CT molecular complexity index is 249. The van der Waals surface area contributed by atoms with Gasteiger partial charge in [-0.2, -0.15) is 0 Å². The molecular formula is C11H16FN. The Morgan fingerprint density at radius 1 is 1.54 bits per heavy atom. The van der Waals surface area contributed by atoms with Crippen LogP contribution in [0.5, 0.6) is 0 Å². The number of allylic oxidation sites excluding steroid dienone is 2. The topological polar surface area (TPSA) is 12.0 Å². The third kappa shape index (κ3) is 1.83. The number of halogens is 1. The summed E-state index contributed by atoms with van der Waals surface area (Å²) >= 11 is 0. The lowest BCUT2D eigenvalue weighted by Crippen LogP contribution is -2.25. The van der Waals surface area contributed by atoms with Crippen LogP contribution in [-0.2, 0) is 0 Å². The standard InChI is InChI=1S/C11H16FN/c1-8-7-9(12)4-5-10(8)11-3-2-6-13-11/h5,7,9,11,13H,2-4,6H2,1H3. The Kier molecular flexibility index (Phi) is 2.49. The van der Waals surface area contributed by atoms with Crippen LogP contribution in [0.4, 0.5) is 4.39 Å². The lowest BCUT2D eigenvalue weighted by molar-refractivity contribution is 0.397. The summed E-state index contributed by atoms with van der Waals surface area (Å²) in [6.45, 7) is 3.12. The number of hydrogen-bond donors (Lipinski definition) is 1. The van der Waals surface area contributed by atoms with Crippen molar-refractivity contribution in [2.45, 2.75) is 38.4 Å². The smallest absolute Gasteiger partial charge is 0.122 e. The number of rotatable bonds is 1. The predicted molar refractivity (Wildman–Crippen MR) is 52.4 cm³/mol. The fourth-order valence-corrected chi connectivity index (χ4v) is 2.20. The van der Waals surface area contributed by atoms with Crippen LogP contribution in [0.25, 0.3) is 0 Å². The Hall–Kier alpha value is -0.630. The molecule has 2 aliphatic rings. The van der Waals surface area contributed by atoms with E-state index in [1.165, 1.54) is 18.4 Å². The second kappa shape index (κ2) is 3.62. The minimum atomic E-state index is -0.759. The van der Waals surface area contributed by atoms with Gasteiger partial charge in [0.15, 0.2) is 0 Å². The molecule has 1 aliphatic heterocycles. The van der Waals surface area contributed by atoms with Gasteiger partial charge in [0.25, 0.3) is 0 Å². The van der Waals surface area contributed by atoms with Gasteiger partial charge in [-0.3, -0.25) is 0 Å². The molecule has 0 aromatic rings. The summed E-state index contributed by atoms with van der Waals surface area (Å²) in [5, 5.41) is 3.44. The van der Waals surface area contributed by atoms with Crippen molar-refractivity contribution in [2.75, 3.05) is 6.54 Å². The van der Waals surface area contributed by atoms with Gasteiger partial charge in [0.2, 0.25) is 0 Å². The second-order valence-corrected chi connectivity index (χ2v) is 3.91. The van der Waals surface area contributed by atoms with E-state index < -0.39 is 6.17 Å². The van der Waals surface area contributed by atoms with Crippen molar-refractivity contribution in [3.63, 3.8) is 0 Å². The zero-order valence-corrected chi connectivity index (χ0v) is 8.02. The van der Waals surface area contributed by atoms with Gasteiger partial charge in [0.1, 0.15) is 6.17 Å². The molecule has 0 aromatic heterocycles. The Labute approximate surface area is 78.7 Å². The Balaban J connectivity index is 2.11. The van der Waals surface area contributed by atoms with Crippen molar-refractivity contribution in [3.05, 3.63) is 23.3 Å².